The first-order valence-corrected chi connectivity index (χ1v) is 5.97. The van der Waals surface area contributed by atoms with Crippen LogP contribution in [0.5, 0.6) is 0 Å². The first-order valence-electron chi connectivity index (χ1n) is 5.15. The van der Waals surface area contributed by atoms with Gasteiger partial charge in [0.1, 0.15) is 5.03 Å². The maximum absolute atomic E-state index is 5.54. The molecule has 17 heavy (non-hydrogen) atoms. The first kappa shape index (κ1) is 10.2. The van der Waals surface area contributed by atoms with E-state index in [1.165, 1.54) is 5.39 Å². The van der Waals surface area contributed by atoms with E-state index in [1.807, 2.05) is 24.3 Å². The minimum absolute atomic E-state index is 0.297. The van der Waals surface area contributed by atoms with E-state index >= 15 is 0 Å². The van der Waals surface area contributed by atoms with Gasteiger partial charge in [-0.05, 0) is 18.2 Å². The molecule has 0 aliphatic carbocycles. The number of hydrogen-bond donors (Lipinski definition) is 2. The number of rotatable bonds is 2. The van der Waals surface area contributed by atoms with Crippen molar-refractivity contribution in [2.24, 2.45) is 0 Å². The molecule has 3 aromatic rings. The van der Waals surface area contributed by atoms with E-state index in [2.05, 4.69) is 27.1 Å². The lowest BCUT2D eigenvalue weighted by Crippen LogP contribution is -1.93. The van der Waals surface area contributed by atoms with Gasteiger partial charge in [-0.2, -0.15) is 0 Å². The fraction of sp³-hybridized carbons (Fsp3) is 0. The van der Waals surface area contributed by atoms with Crippen molar-refractivity contribution in [1.29, 1.82) is 0 Å². The summed E-state index contributed by atoms with van der Waals surface area (Å²) in [5, 5.41) is 3.07. The second kappa shape index (κ2) is 4.10. The summed E-state index contributed by atoms with van der Waals surface area (Å²) >= 11 is 1.54. The molecule has 0 spiro atoms. The van der Waals surface area contributed by atoms with Gasteiger partial charge in [0, 0.05) is 17.1 Å². The van der Waals surface area contributed by atoms with Crippen molar-refractivity contribution in [3.63, 3.8) is 0 Å². The summed E-state index contributed by atoms with van der Waals surface area (Å²) in [6, 6.07) is 12.1. The van der Waals surface area contributed by atoms with Crippen LogP contribution in [0, 0.1) is 0 Å². The number of para-hydroxylation sites is 1. The molecule has 2 aromatic heterocycles. The number of nitrogens with one attached hydrogen (secondary N) is 1. The molecule has 0 amide bonds. The molecule has 84 valence electrons. The molecule has 0 bridgehead atoms. The van der Waals surface area contributed by atoms with Crippen LogP contribution in [-0.4, -0.2) is 15.0 Å². The summed E-state index contributed by atoms with van der Waals surface area (Å²) in [7, 11) is 0. The van der Waals surface area contributed by atoms with Gasteiger partial charge in [-0.1, -0.05) is 30.0 Å². The topological polar surface area (TPSA) is 67.6 Å². The summed E-state index contributed by atoms with van der Waals surface area (Å²) in [5.41, 5.74) is 6.66. The number of anilines is 1. The van der Waals surface area contributed by atoms with Crippen molar-refractivity contribution in [2.45, 2.75) is 10.1 Å². The summed E-state index contributed by atoms with van der Waals surface area (Å²) in [6.07, 6.45) is 1.66. The summed E-state index contributed by atoms with van der Waals surface area (Å²) in [4.78, 5) is 11.3. The summed E-state index contributed by atoms with van der Waals surface area (Å²) in [6.45, 7) is 0. The van der Waals surface area contributed by atoms with Crippen LogP contribution in [0.25, 0.3) is 10.9 Å². The molecule has 0 aliphatic heterocycles. The molecule has 2 heterocycles. The third-order valence-electron chi connectivity index (χ3n) is 2.37. The van der Waals surface area contributed by atoms with Crippen molar-refractivity contribution in [2.75, 3.05) is 5.73 Å². The molecule has 0 saturated carbocycles. The van der Waals surface area contributed by atoms with E-state index in [0.717, 1.165) is 15.6 Å². The average Bonchev–Trinajstić information content (AvgIpc) is 2.71. The molecule has 0 atom stereocenters. The predicted molar refractivity (Wildman–Crippen MR) is 68.9 cm³/mol. The molecule has 5 heteroatoms. The average molecular weight is 242 g/mol. The standard InChI is InChI=1S/C12H10N4S/c13-12-14-6-5-10(16-12)17-11-7-8-3-1-2-4-9(8)15-11/h1-7,15H,(H2,13,14,16). The lowest BCUT2D eigenvalue weighted by molar-refractivity contribution is 1.06. The zero-order valence-corrected chi connectivity index (χ0v) is 9.74. The number of nitrogen functional groups attached to an aromatic ring is 1. The van der Waals surface area contributed by atoms with E-state index in [1.54, 1.807) is 18.0 Å². The van der Waals surface area contributed by atoms with Crippen molar-refractivity contribution < 1.29 is 0 Å². The van der Waals surface area contributed by atoms with Crippen molar-refractivity contribution in [1.82, 2.24) is 15.0 Å². The molecule has 0 radical (unpaired) electrons. The van der Waals surface area contributed by atoms with Crippen LogP contribution in [0.15, 0.2) is 52.6 Å². The van der Waals surface area contributed by atoms with Crippen LogP contribution in [0.3, 0.4) is 0 Å². The minimum Gasteiger partial charge on any atom is -0.368 e. The Morgan fingerprint density at radius 2 is 2.06 bits per heavy atom. The van der Waals surface area contributed by atoms with Crippen molar-refractivity contribution in [3.05, 3.63) is 42.6 Å². The quantitative estimate of drug-likeness (QED) is 0.678. The largest absolute Gasteiger partial charge is 0.368 e. The van der Waals surface area contributed by atoms with Crippen LogP contribution < -0.4 is 5.73 Å². The molecule has 1 aromatic carbocycles. The molecule has 3 N–H and O–H groups in total. The van der Waals surface area contributed by atoms with Gasteiger partial charge in [0.15, 0.2) is 0 Å². The maximum atomic E-state index is 5.54. The van der Waals surface area contributed by atoms with Crippen LogP contribution in [0.4, 0.5) is 5.95 Å². The van der Waals surface area contributed by atoms with Crippen LogP contribution in [-0.2, 0) is 0 Å². The van der Waals surface area contributed by atoms with Gasteiger partial charge in [0.25, 0.3) is 0 Å². The first-order chi connectivity index (χ1) is 8.31. The van der Waals surface area contributed by atoms with Gasteiger partial charge in [0.2, 0.25) is 5.95 Å². The van der Waals surface area contributed by atoms with Crippen LogP contribution in [0.2, 0.25) is 0 Å². The Bertz CT molecular complexity index is 629. The van der Waals surface area contributed by atoms with Gasteiger partial charge in [-0.3, -0.25) is 0 Å². The van der Waals surface area contributed by atoms with E-state index in [9.17, 15) is 0 Å². The Balaban J connectivity index is 1.94. The normalized spacial score (nSPS) is 10.8. The number of aromatic amines is 1. The van der Waals surface area contributed by atoms with E-state index in [4.69, 9.17) is 5.73 Å². The fourth-order valence-electron chi connectivity index (χ4n) is 1.63. The second-order valence-electron chi connectivity index (χ2n) is 3.58. The van der Waals surface area contributed by atoms with Crippen molar-refractivity contribution in [3.8, 4) is 0 Å². The highest BCUT2D eigenvalue weighted by Gasteiger charge is 2.03. The summed E-state index contributed by atoms with van der Waals surface area (Å²) in [5.74, 6) is 0.297. The number of nitrogens with zero attached hydrogens (tertiary/aromatic N) is 2. The number of nitrogens with two attached hydrogens (primary N) is 1. The number of fused-ring (bicyclic) bond motifs is 1. The van der Waals surface area contributed by atoms with E-state index in [-0.39, 0.29) is 0 Å². The molecule has 0 fully saturated rings. The second-order valence-corrected chi connectivity index (χ2v) is 4.64. The molecule has 3 rings (SSSR count). The Morgan fingerprint density at radius 3 is 2.88 bits per heavy atom. The Kier molecular flexibility index (Phi) is 2.45. The van der Waals surface area contributed by atoms with Crippen molar-refractivity contribution >= 4 is 28.6 Å². The molecular formula is C12H10N4S. The monoisotopic (exact) mass is 242 g/mol. The molecule has 0 saturated heterocycles. The highest BCUT2D eigenvalue weighted by Crippen LogP contribution is 2.28. The number of benzene rings is 1. The van der Waals surface area contributed by atoms with Gasteiger partial charge in [-0.25, -0.2) is 9.97 Å². The highest BCUT2D eigenvalue weighted by atomic mass is 32.2. The third-order valence-corrected chi connectivity index (χ3v) is 3.24. The molecule has 0 aliphatic rings. The smallest absolute Gasteiger partial charge is 0.221 e. The lowest BCUT2D eigenvalue weighted by Gasteiger charge is -1.97. The van der Waals surface area contributed by atoms with E-state index in [0.29, 0.717) is 5.95 Å². The van der Waals surface area contributed by atoms with Gasteiger partial charge in [0.05, 0.1) is 5.03 Å². The SMILES string of the molecule is Nc1nccc(Sc2cc3ccccc3[nH]2)n1. The Hall–Kier alpha value is -2.01. The van der Waals surface area contributed by atoms with Gasteiger partial charge < -0.3 is 10.7 Å². The lowest BCUT2D eigenvalue weighted by atomic mass is 10.3. The maximum Gasteiger partial charge on any atom is 0.221 e. The fourth-order valence-corrected chi connectivity index (χ4v) is 2.47. The zero-order chi connectivity index (χ0) is 11.7. The Labute approximate surface area is 102 Å². The molecule has 4 nitrogen and oxygen atoms in total. The van der Waals surface area contributed by atoms with Gasteiger partial charge in [-0.15, -0.1) is 0 Å². The van der Waals surface area contributed by atoms with Crippen LogP contribution >= 0.6 is 11.8 Å². The highest BCUT2D eigenvalue weighted by molar-refractivity contribution is 7.99. The number of hydrogen-bond acceptors (Lipinski definition) is 4. The van der Waals surface area contributed by atoms with Crippen LogP contribution in [0.1, 0.15) is 0 Å². The third kappa shape index (κ3) is 2.09. The Morgan fingerprint density at radius 1 is 1.18 bits per heavy atom. The molecule has 0 unspecified atom stereocenters. The molecular weight excluding hydrogens is 232 g/mol. The summed E-state index contributed by atoms with van der Waals surface area (Å²) < 4.78 is 0. The number of H-pyrrole nitrogens is 1. The van der Waals surface area contributed by atoms with E-state index < -0.39 is 0 Å². The minimum atomic E-state index is 0.297. The predicted octanol–water partition coefficient (Wildman–Crippen LogP) is 2.69. The number of aromatic nitrogens is 3. The van der Waals surface area contributed by atoms with Gasteiger partial charge >= 0.3 is 0 Å². The zero-order valence-electron chi connectivity index (χ0n) is 8.92.